The van der Waals surface area contributed by atoms with Crippen LogP contribution >= 0.6 is 15.9 Å². The number of rotatable bonds is 4. The Morgan fingerprint density at radius 2 is 2.15 bits per heavy atom. The molecule has 20 heavy (non-hydrogen) atoms. The van der Waals surface area contributed by atoms with E-state index in [1.165, 1.54) is 5.56 Å². The van der Waals surface area contributed by atoms with Crippen LogP contribution in [0.1, 0.15) is 25.3 Å². The Labute approximate surface area is 128 Å². The summed E-state index contributed by atoms with van der Waals surface area (Å²) in [6.07, 6.45) is 2.05. The lowest BCUT2D eigenvalue weighted by Gasteiger charge is -2.31. The summed E-state index contributed by atoms with van der Waals surface area (Å²) in [5, 5.41) is 3.56. The van der Waals surface area contributed by atoms with Crippen molar-refractivity contribution in [3.8, 4) is 5.75 Å². The molecule has 1 aliphatic rings. The molecule has 1 N–H and O–H groups in total. The van der Waals surface area contributed by atoms with Crippen molar-refractivity contribution in [2.75, 3.05) is 20.2 Å². The van der Waals surface area contributed by atoms with Crippen LogP contribution in [0.2, 0.25) is 0 Å². The Bertz CT molecular complexity index is 471. The number of amides is 1. The lowest BCUT2D eigenvalue weighted by Crippen LogP contribution is -2.43. The van der Waals surface area contributed by atoms with Gasteiger partial charge in [0.1, 0.15) is 5.75 Å². The minimum Gasteiger partial charge on any atom is -0.496 e. The van der Waals surface area contributed by atoms with Crippen molar-refractivity contribution >= 4 is 21.8 Å². The number of carbonyl (C=O) groups excluding carboxylic acids is 1. The second-order valence-electron chi connectivity index (χ2n) is 5.13. The Hall–Kier alpha value is -1.07. The van der Waals surface area contributed by atoms with Crippen LogP contribution in [0.4, 0.5) is 0 Å². The van der Waals surface area contributed by atoms with Crippen LogP contribution in [0.3, 0.4) is 0 Å². The zero-order valence-corrected chi connectivity index (χ0v) is 13.6. The number of piperidine rings is 1. The number of methoxy groups -OCH3 is 1. The maximum Gasteiger partial charge on any atom is 0.219 e. The molecule has 5 heteroatoms. The first kappa shape index (κ1) is 15.3. The van der Waals surface area contributed by atoms with Crippen LogP contribution in [-0.4, -0.2) is 37.0 Å². The molecule has 4 nitrogen and oxygen atoms in total. The van der Waals surface area contributed by atoms with Gasteiger partial charge in [0.25, 0.3) is 0 Å². The Balaban J connectivity index is 1.81. The SMILES string of the molecule is COc1ccc(CNC2CCN(C(C)=O)CC2)cc1Br. The average molecular weight is 341 g/mol. The standard InChI is InChI=1S/C15H21BrN2O2/c1-11(19)18-7-5-13(6-8-18)17-10-12-3-4-15(20-2)14(16)9-12/h3-4,9,13,17H,5-8,10H2,1-2H3. The number of carbonyl (C=O) groups is 1. The van der Waals surface area contributed by atoms with E-state index in [9.17, 15) is 4.79 Å². The van der Waals surface area contributed by atoms with Gasteiger partial charge in [0.05, 0.1) is 11.6 Å². The highest BCUT2D eigenvalue weighted by atomic mass is 79.9. The van der Waals surface area contributed by atoms with E-state index in [2.05, 4.69) is 33.4 Å². The van der Waals surface area contributed by atoms with Crippen LogP contribution < -0.4 is 10.1 Å². The maximum absolute atomic E-state index is 11.3. The molecule has 0 spiro atoms. The third-order valence-electron chi connectivity index (χ3n) is 3.75. The molecule has 0 bridgehead atoms. The minimum atomic E-state index is 0.183. The molecule has 1 amide bonds. The first-order chi connectivity index (χ1) is 9.60. The van der Waals surface area contributed by atoms with Crippen molar-refractivity contribution in [1.82, 2.24) is 10.2 Å². The molecule has 0 atom stereocenters. The summed E-state index contributed by atoms with van der Waals surface area (Å²) in [7, 11) is 1.67. The molecule has 1 fully saturated rings. The Morgan fingerprint density at radius 3 is 2.70 bits per heavy atom. The summed E-state index contributed by atoms with van der Waals surface area (Å²) >= 11 is 3.50. The van der Waals surface area contributed by atoms with Crippen molar-refractivity contribution in [3.63, 3.8) is 0 Å². The second-order valence-corrected chi connectivity index (χ2v) is 5.98. The smallest absolute Gasteiger partial charge is 0.219 e. The number of benzene rings is 1. The first-order valence-electron chi connectivity index (χ1n) is 6.91. The molecule has 110 valence electrons. The van der Waals surface area contributed by atoms with Gasteiger partial charge in [0.2, 0.25) is 5.91 Å². The van der Waals surface area contributed by atoms with E-state index in [-0.39, 0.29) is 5.91 Å². The van der Waals surface area contributed by atoms with Crippen LogP contribution in [0.25, 0.3) is 0 Å². The predicted molar refractivity (Wildman–Crippen MR) is 82.8 cm³/mol. The number of nitrogens with one attached hydrogen (secondary N) is 1. The number of halogens is 1. The monoisotopic (exact) mass is 340 g/mol. The van der Waals surface area contributed by atoms with Gasteiger partial charge in [-0.05, 0) is 46.5 Å². The van der Waals surface area contributed by atoms with E-state index in [1.54, 1.807) is 14.0 Å². The maximum atomic E-state index is 11.3. The molecular weight excluding hydrogens is 320 g/mol. The molecule has 0 aromatic heterocycles. The van der Waals surface area contributed by atoms with Gasteiger partial charge in [-0.1, -0.05) is 6.07 Å². The normalized spacial score (nSPS) is 16.2. The van der Waals surface area contributed by atoms with Gasteiger partial charge in [0, 0.05) is 32.6 Å². The van der Waals surface area contributed by atoms with Gasteiger partial charge in [-0.15, -0.1) is 0 Å². The minimum absolute atomic E-state index is 0.183. The van der Waals surface area contributed by atoms with Crippen molar-refractivity contribution < 1.29 is 9.53 Å². The van der Waals surface area contributed by atoms with E-state index in [0.717, 1.165) is 42.7 Å². The van der Waals surface area contributed by atoms with Crippen LogP contribution in [0, 0.1) is 0 Å². The Morgan fingerprint density at radius 1 is 1.45 bits per heavy atom. The summed E-state index contributed by atoms with van der Waals surface area (Å²) in [5.74, 6) is 1.03. The quantitative estimate of drug-likeness (QED) is 0.915. The molecule has 0 aliphatic carbocycles. The van der Waals surface area contributed by atoms with E-state index in [4.69, 9.17) is 4.74 Å². The zero-order valence-electron chi connectivity index (χ0n) is 12.0. The highest BCUT2D eigenvalue weighted by Gasteiger charge is 2.20. The fourth-order valence-electron chi connectivity index (χ4n) is 2.48. The number of nitrogens with zero attached hydrogens (tertiary/aromatic N) is 1. The van der Waals surface area contributed by atoms with Gasteiger partial charge in [-0.3, -0.25) is 4.79 Å². The highest BCUT2D eigenvalue weighted by molar-refractivity contribution is 9.10. The first-order valence-corrected chi connectivity index (χ1v) is 7.70. The number of ether oxygens (including phenoxy) is 1. The molecule has 0 saturated carbocycles. The molecule has 0 unspecified atom stereocenters. The molecule has 1 saturated heterocycles. The van der Waals surface area contributed by atoms with E-state index in [0.29, 0.717) is 6.04 Å². The summed E-state index contributed by atoms with van der Waals surface area (Å²) < 4.78 is 6.20. The summed E-state index contributed by atoms with van der Waals surface area (Å²) in [5.41, 5.74) is 1.23. The number of likely N-dealkylation sites (tertiary alicyclic amines) is 1. The average Bonchev–Trinajstić information content (AvgIpc) is 2.45. The van der Waals surface area contributed by atoms with Gasteiger partial charge in [0.15, 0.2) is 0 Å². The fraction of sp³-hybridized carbons (Fsp3) is 0.533. The third kappa shape index (κ3) is 3.96. The van der Waals surface area contributed by atoms with Gasteiger partial charge in [-0.2, -0.15) is 0 Å². The molecule has 0 radical (unpaired) electrons. The zero-order chi connectivity index (χ0) is 14.5. The van der Waals surface area contributed by atoms with Crippen molar-refractivity contribution in [3.05, 3.63) is 28.2 Å². The van der Waals surface area contributed by atoms with Crippen LogP contribution in [-0.2, 0) is 11.3 Å². The van der Waals surface area contributed by atoms with E-state index < -0.39 is 0 Å². The lowest BCUT2D eigenvalue weighted by molar-refractivity contribution is -0.129. The van der Waals surface area contributed by atoms with E-state index in [1.807, 2.05) is 11.0 Å². The molecular formula is C15H21BrN2O2. The predicted octanol–water partition coefficient (Wildman–Crippen LogP) is 2.56. The van der Waals surface area contributed by atoms with Gasteiger partial charge in [-0.25, -0.2) is 0 Å². The third-order valence-corrected chi connectivity index (χ3v) is 4.37. The number of hydrogen-bond donors (Lipinski definition) is 1. The fourth-order valence-corrected chi connectivity index (χ4v) is 3.07. The number of hydrogen-bond acceptors (Lipinski definition) is 3. The molecule has 2 rings (SSSR count). The molecule has 1 aromatic rings. The second kappa shape index (κ2) is 7.09. The van der Waals surface area contributed by atoms with Crippen LogP contribution in [0.15, 0.2) is 22.7 Å². The van der Waals surface area contributed by atoms with Gasteiger partial charge >= 0.3 is 0 Å². The lowest BCUT2D eigenvalue weighted by atomic mass is 10.0. The van der Waals surface area contributed by atoms with Crippen molar-refractivity contribution in [2.45, 2.75) is 32.4 Å². The summed E-state index contributed by atoms with van der Waals surface area (Å²) in [6, 6.07) is 6.61. The molecule has 1 heterocycles. The topological polar surface area (TPSA) is 41.6 Å². The highest BCUT2D eigenvalue weighted by Crippen LogP contribution is 2.25. The Kier molecular flexibility index (Phi) is 5.43. The molecule has 1 aromatic carbocycles. The van der Waals surface area contributed by atoms with Gasteiger partial charge < -0.3 is 15.0 Å². The largest absolute Gasteiger partial charge is 0.496 e. The van der Waals surface area contributed by atoms with Crippen molar-refractivity contribution in [1.29, 1.82) is 0 Å². The molecule has 1 aliphatic heterocycles. The summed E-state index contributed by atoms with van der Waals surface area (Å²) in [6.45, 7) is 4.20. The summed E-state index contributed by atoms with van der Waals surface area (Å²) in [4.78, 5) is 13.2. The van der Waals surface area contributed by atoms with Crippen LogP contribution in [0.5, 0.6) is 5.75 Å². The van der Waals surface area contributed by atoms with Crippen molar-refractivity contribution in [2.24, 2.45) is 0 Å². The van der Waals surface area contributed by atoms with E-state index >= 15 is 0 Å².